The summed E-state index contributed by atoms with van der Waals surface area (Å²) >= 11 is 2.34. The molecule has 1 aliphatic carbocycles. The molecule has 0 aromatic carbocycles. The summed E-state index contributed by atoms with van der Waals surface area (Å²) in [5.74, 6) is -18.4. The zero-order valence-electron chi connectivity index (χ0n) is 26.3. The van der Waals surface area contributed by atoms with Gasteiger partial charge >= 0.3 is 17.8 Å². The highest BCUT2D eigenvalue weighted by Gasteiger charge is 2.82. The molecule has 3 aliphatic rings. The molecule has 2 heterocycles. The number of thioether (sulfide) groups is 2. The molecule has 41 heavy (non-hydrogen) atoms. The molecular weight excluding hydrogens is 615 g/mol. The van der Waals surface area contributed by atoms with Crippen LogP contribution in [0.4, 0.5) is 26.3 Å². The number of halogens is 6. The summed E-state index contributed by atoms with van der Waals surface area (Å²) in [4.78, 5) is 0. The molecule has 4 unspecified atom stereocenters. The number of alkyl halides is 6. The number of allylic oxidation sites excluding steroid dienone is 4. The maximum atomic E-state index is 15.8. The molecule has 12 heteroatoms. The minimum absolute atomic E-state index is 0.0309. The summed E-state index contributed by atoms with van der Waals surface area (Å²) in [5, 5.41) is 2.73. The van der Waals surface area contributed by atoms with Crippen molar-refractivity contribution in [1.82, 2.24) is 0 Å². The van der Waals surface area contributed by atoms with Crippen LogP contribution in [0.3, 0.4) is 0 Å². The lowest BCUT2D eigenvalue weighted by Crippen LogP contribution is -2.52. The Hall–Kier alpha value is -0.146. The Morgan fingerprint density at radius 3 is 1.22 bits per heavy atom. The predicted octanol–water partition coefficient (Wildman–Crippen LogP) is 10.5. The maximum absolute atomic E-state index is 15.8. The fraction of sp³-hybridized carbons (Fsp3) is 0.793. The number of rotatable bonds is 8. The normalized spacial score (nSPS) is 33.3. The topological polar surface area (TPSA) is 18.5 Å². The van der Waals surface area contributed by atoms with E-state index < -0.39 is 66.9 Å². The highest BCUT2D eigenvalue weighted by Crippen LogP contribution is 2.67. The summed E-state index contributed by atoms with van der Waals surface area (Å²) in [6.07, 6.45) is 2.74. The monoisotopic (exact) mass is 660 g/mol. The first-order chi connectivity index (χ1) is 18.1. The van der Waals surface area contributed by atoms with E-state index in [1.807, 2.05) is 67.7 Å². The molecule has 0 saturated heterocycles. The zero-order valence-corrected chi connectivity index (χ0v) is 29.9. The Morgan fingerprint density at radius 1 is 0.659 bits per heavy atom. The fourth-order valence-corrected chi connectivity index (χ4v) is 9.26. The van der Waals surface area contributed by atoms with Crippen LogP contribution in [-0.4, -0.2) is 57.1 Å². The standard InChI is InChI=1S/C29H46F6O2S2Si2/c1-23(2,3)40(9,10)36-17-25(7)19(13-15-38-25)21-22(28(32,33)29(34,35)27(21,30)31)20-14-16-39-26(20,8)18-37-41(11,12)24(4,5)6/h13-16,19-20H,17-18H2,1-12H3. The van der Waals surface area contributed by atoms with Crippen molar-refractivity contribution in [3.8, 4) is 0 Å². The lowest BCUT2D eigenvalue weighted by atomic mass is 9.77. The summed E-state index contributed by atoms with van der Waals surface area (Å²) < 4.78 is 104. The molecular formula is C29H46F6O2S2Si2. The molecule has 0 radical (unpaired) electrons. The van der Waals surface area contributed by atoms with E-state index in [4.69, 9.17) is 8.85 Å². The molecule has 0 fully saturated rings. The van der Waals surface area contributed by atoms with Crippen molar-refractivity contribution in [2.24, 2.45) is 11.8 Å². The maximum Gasteiger partial charge on any atom is 0.380 e. The van der Waals surface area contributed by atoms with Crippen molar-refractivity contribution in [2.75, 3.05) is 13.2 Å². The van der Waals surface area contributed by atoms with Crippen molar-refractivity contribution >= 4 is 40.2 Å². The first kappa shape index (κ1) is 35.3. The van der Waals surface area contributed by atoms with E-state index in [9.17, 15) is 0 Å². The van der Waals surface area contributed by atoms with Crippen molar-refractivity contribution < 1.29 is 35.2 Å². The Bertz CT molecular complexity index is 1040. The average molecular weight is 661 g/mol. The van der Waals surface area contributed by atoms with Crippen LogP contribution in [0.25, 0.3) is 0 Å². The van der Waals surface area contributed by atoms with Gasteiger partial charge in [-0.25, -0.2) is 0 Å². The Kier molecular flexibility index (Phi) is 9.01. The van der Waals surface area contributed by atoms with Crippen LogP contribution in [0.2, 0.25) is 36.3 Å². The van der Waals surface area contributed by atoms with Crippen LogP contribution in [0.15, 0.2) is 34.1 Å². The second kappa shape index (κ2) is 10.5. The second-order valence-electron chi connectivity index (χ2n) is 15.1. The zero-order chi connectivity index (χ0) is 31.9. The van der Waals surface area contributed by atoms with Crippen molar-refractivity contribution in [3.05, 3.63) is 34.1 Å². The van der Waals surface area contributed by atoms with Crippen molar-refractivity contribution in [2.45, 2.75) is 119 Å². The van der Waals surface area contributed by atoms with Gasteiger partial charge in [0, 0.05) is 45.7 Å². The van der Waals surface area contributed by atoms with Gasteiger partial charge in [0.05, 0.1) is 0 Å². The van der Waals surface area contributed by atoms with Crippen LogP contribution in [-0.2, 0) is 8.85 Å². The lowest BCUT2D eigenvalue weighted by Gasteiger charge is -2.42. The summed E-state index contributed by atoms with van der Waals surface area (Å²) in [5.41, 5.74) is -2.35. The van der Waals surface area contributed by atoms with Crippen LogP contribution in [0, 0.1) is 11.8 Å². The van der Waals surface area contributed by atoms with Gasteiger partial charge in [0.2, 0.25) is 0 Å². The number of hydrogen-bond acceptors (Lipinski definition) is 4. The average Bonchev–Trinajstić information content (AvgIpc) is 3.38. The third kappa shape index (κ3) is 5.73. The largest absolute Gasteiger partial charge is 0.415 e. The minimum atomic E-state index is -5.57. The van der Waals surface area contributed by atoms with Crippen LogP contribution < -0.4 is 0 Å². The van der Waals surface area contributed by atoms with Crippen LogP contribution in [0.5, 0.6) is 0 Å². The molecule has 2 aliphatic heterocycles. The van der Waals surface area contributed by atoms with E-state index in [0.29, 0.717) is 0 Å². The molecule has 236 valence electrons. The van der Waals surface area contributed by atoms with E-state index in [2.05, 4.69) is 0 Å². The summed E-state index contributed by atoms with van der Waals surface area (Å²) in [6.45, 7) is 23.4. The molecule has 3 rings (SSSR count). The molecule has 0 aromatic rings. The van der Waals surface area contributed by atoms with Gasteiger partial charge in [-0.05, 0) is 60.9 Å². The molecule has 0 N–H and O–H groups in total. The smallest absolute Gasteiger partial charge is 0.380 e. The van der Waals surface area contributed by atoms with Crippen molar-refractivity contribution in [1.29, 1.82) is 0 Å². The minimum Gasteiger partial charge on any atom is -0.415 e. The molecule has 0 amide bonds. The molecule has 0 aromatic heterocycles. The quantitative estimate of drug-likeness (QED) is 0.146. The van der Waals surface area contributed by atoms with Gasteiger partial charge in [-0.1, -0.05) is 53.7 Å². The number of hydrogen-bond donors (Lipinski definition) is 0. The molecule has 4 atom stereocenters. The fourth-order valence-electron chi connectivity index (χ4n) is 4.83. The van der Waals surface area contributed by atoms with Gasteiger partial charge in [-0.2, -0.15) is 26.3 Å². The Morgan fingerprint density at radius 2 is 0.951 bits per heavy atom. The summed E-state index contributed by atoms with van der Waals surface area (Å²) in [7, 11) is -4.72. The van der Waals surface area contributed by atoms with E-state index in [0.717, 1.165) is 0 Å². The van der Waals surface area contributed by atoms with Gasteiger partial charge in [0.15, 0.2) is 16.6 Å². The second-order valence-corrected chi connectivity index (χ2v) is 27.6. The molecule has 0 saturated carbocycles. The highest BCUT2D eigenvalue weighted by atomic mass is 32.2. The summed E-state index contributed by atoms with van der Waals surface area (Å²) in [6, 6.07) is 0. The Balaban J connectivity index is 2.14. The van der Waals surface area contributed by atoms with Gasteiger partial charge in [-0.3, -0.25) is 0 Å². The van der Waals surface area contributed by atoms with Gasteiger partial charge in [-0.15, -0.1) is 23.5 Å². The Labute approximate surface area is 252 Å². The van der Waals surface area contributed by atoms with Crippen molar-refractivity contribution in [3.63, 3.8) is 0 Å². The first-order valence-corrected chi connectivity index (χ1v) is 21.5. The van der Waals surface area contributed by atoms with E-state index in [1.165, 1.54) is 35.7 Å². The van der Waals surface area contributed by atoms with E-state index in [1.54, 1.807) is 24.7 Å². The first-order valence-electron chi connectivity index (χ1n) is 13.9. The predicted molar refractivity (Wildman–Crippen MR) is 165 cm³/mol. The molecule has 2 nitrogen and oxygen atoms in total. The molecule has 0 spiro atoms. The van der Waals surface area contributed by atoms with E-state index in [-0.39, 0.29) is 23.3 Å². The van der Waals surface area contributed by atoms with Gasteiger partial charge < -0.3 is 8.85 Å². The highest BCUT2D eigenvalue weighted by molar-refractivity contribution is 8.04. The lowest BCUT2D eigenvalue weighted by molar-refractivity contribution is -0.267. The molecule has 0 bridgehead atoms. The third-order valence-electron chi connectivity index (χ3n) is 9.96. The third-order valence-corrected chi connectivity index (χ3v) is 21.3. The SMILES string of the molecule is CC1(CO[Si](C)(C)C(C)(C)C)SC=CC1C1=C(C2C=CSC2(C)CO[Si](C)(C)C(C)(C)C)C(F)(F)C(F)(F)C1(F)F. The van der Waals surface area contributed by atoms with Gasteiger partial charge in [0.1, 0.15) is 0 Å². The van der Waals surface area contributed by atoms with Gasteiger partial charge in [0.25, 0.3) is 0 Å². The van der Waals surface area contributed by atoms with Crippen LogP contribution in [0.1, 0.15) is 55.4 Å². The van der Waals surface area contributed by atoms with Crippen LogP contribution >= 0.6 is 23.5 Å². The van der Waals surface area contributed by atoms with E-state index >= 15 is 26.3 Å².